The third-order valence-corrected chi connectivity index (χ3v) is 3.89. The summed E-state index contributed by atoms with van der Waals surface area (Å²) >= 11 is 0. The quantitative estimate of drug-likeness (QED) is 0.397. The van der Waals surface area contributed by atoms with Crippen LogP contribution in [0, 0.1) is 0 Å². The van der Waals surface area contributed by atoms with Crippen LogP contribution in [0.2, 0.25) is 0 Å². The van der Waals surface area contributed by atoms with Crippen molar-refractivity contribution < 1.29 is 23.8 Å². The topological polar surface area (TPSA) is 68.3 Å². The Kier molecular flexibility index (Phi) is 7.05. The van der Waals surface area contributed by atoms with Gasteiger partial charge in [0.25, 0.3) is 0 Å². The summed E-state index contributed by atoms with van der Waals surface area (Å²) in [4.78, 5) is 11.7. The van der Waals surface area contributed by atoms with Gasteiger partial charge in [-0.05, 0) is 30.4 Å². The lowest BCUT2D eigenvalue weighted by atomic mass is 9.92. The molecule has 1 aliphatic heterocycles. The molecule has 0 aliphatic carbocycles. The maximum absolute atomic E-state index is 11.7. The van der Waals surface area contributed by atoms with Crippen LogP contribution in [0.4, 0.5) is 0 Å². The number of hydrogen-bond donors (Lipinski definition) is 1. The van der Waals surface area contributed by atoms with E-state index in [4.69, 9.17) is 9.47 Å². The molecule has 6 heteroatoms. The Morgan fingerprint density at radius 2 is 2.18 bits per heavy atom. The average Bonchev–Trinajstić information content (AvgIpc) is 3.36. The molecule has 2 atom stereocenters. The maximum Gasteiger partial charge on any atom is 0.345 e. The molecule has 0 saturated carbocycles. The van der Waals surface area contributed by atoms with Crippen LogP contribution in [0.15, 0.2) is 24.3 Å². The van der Waals surface area contributed by atoms with E-state index in [1.807, 2.05) is 24.3 Å². The average molecular weight is 321 g/mol. The van der Waals surface area contributed by atoms with Crippen LogP contribution in [0.3, 0.4) is 0 Å². The fourth-order valence-corrected chi connectivity index (χ4v) is 2.51. The van der Waals surface area contributed by atoms with Crippen LogP contribution in [0.5, 0.6) is 0 Å². The molecule has 2 unspecified atom stereocenters. The summed E-state index contributed by atoms with van der Waals surface area (Å²) in [5, 5.41) is 9.45. The van der Waals surface area contributed by atoms with Crippen molar-refractivity contribution in [3.05, 3.63) is 35.4 Å². The van der Waals surface area contributed by atoms with Gasteiger partial charge in [-0.2, -0.15) is 0 Å². The molecular formula is C16H21O5Si. The number of benzene rings is 1. The second-order valence-electron chi connectivity index (χ2n) is 5.34. The van der Waals surface area contributed by atoms with E-state index in [0.29, 0.717) is 19.3 Å². The molecule has 0 amide bonds. The summed E-state index contributed by atoms with van der Waals surface area (Å²) in [5.41, 5.74) is 1.88. The molecule has 1 saturated heterocycles. The molecule has 3 radical (unpaired) electrons. The van der Waals surface area contributed by atoms with Crippen molar-refractivity contribution in [1.29, 1.82) is 0 Å². The van der Waals surface area contributed by atoms with Crippen molar-refractivity contribution in [3.63, 3.8) is 0 Å². The Balaban J connectivity index is 1.82. The predicted octanol–water partition coefficient (Wildman–Crippen LogP) is 1.13. The Labute approximate surface area is 134 Å². The SMILES string of the molecule is O=C(O[Si])C(CO)c1ccccc1CCCCOCC1CO1. The number of carbonyl (C=O) groups is 1. The zero-order valence-corrected chi connectivity index (χ0v) is 13.5. The number of unbranched alkanes of at least 4 members (excludes halogenated alkanes) is 1. The Bertz CT molecular complexity index is 475. The highest BCUT2D eigenvalue weighted by Crippen LogP contribution is 2.23. The summed E-state index contributed by atoms with van der Waals surface area (Å²) in [6, 6.07) is 7.65. The number of rotatable bonds is 10. The van der Waals surface area contributed by atoms with Gasteiger partial charge in [-0.25, -0.2) is 0 Å². The molecule has 1 fully saturated rings. The minimum atomic E-state index is -0.656. The Hall–Kier alpha value is -1.21. The number of carbonyl (C=O) groups excluding carboxylic acids is 1. The van der Waals surface area contributed by atoms with Crippen molar-refractivity contribution in [2.45, 2.75) is 31.3 Å². The predicted molar refractivity (Wildman–Crippen MR) is 81.6 cm³/mol. The molecular weight excluding hydrogens is 300 g/mol. The van der Waals surface area contributed by atoms with Gasteiger partial charge in [-0.3, -0.25) is 4.79 Å². The van der Waals surface area contributed by atoms with Gasteiger partial charge in [0.05, 0.1) is 19.8 Å². The molecule has 0 aromatic heterocycles. The second kappa shape index (κ2) is 9.04. The van der Waals surface area contributed by atoms with Crippen molar-refractivity contribution in [3.8, 4) is 0 Å². The summed E-state index contributed by atoms with van der Waals surface area (Å²) in [6.45, 7) is 1.94. The first-order valence-electron chi connectivity index (χ1n) is 7.51. The van der Waals surface area contributed by atoms with Crippen molar-refractivity contribution in [1.82, 2.24) is 0 Å². The number of ether oxygens (including phenoxy) is 2. The molecule has 1 heterocycles. The third-order valence-electron chi connectivity index (χ3n) is 3.69. The molecule has 0 spiro atoms. The van der Waals surface area contributed by atoms with Crippen LogP contribution in [0.1, 0.15) is 29.9 Å². The van der Waals surface area contributed by atoms with Gasteiger partial charge in [0.15, 0.2) is 0 Å². The van der Waals surface area contributed by atoms with Crippen LogP contribution >= 0.6 is 0 Å². The lowest BCUT2D eigenvalue weighted by molar-refractivity contribution is -0.136. The summed E-state index contributed by atoms with van der Waals surface area (Å²) in [6.07, 6.45) is 3.06. The molecule has 119 valence electrons. The smallest absolute Gasteiger partial charge is 0.345 e. The Morgan fingerprint density at radius 1 is 1.41 bits per heavy atom. The first-order chi connectivity index (χ1) is 10.8. The maximum atomic E-state index is 11.7. The fraction of sp³-hybridized carbons (Fsp3) is 0.562. The fourth-order valence-electron chi connectivity index (χ4n) is 2.37. The highest BCUT2D eigenvalue weighted by molar-refractivity contribution is 6.06. The zero-order chi connectivity index (χ0) is 15.8. The third kappa shape index (κ3) is 5.21. The van der Waals surface area contributed by atoms with Crippen LogP contribution in [-0.2, 0) is 25.1 Å². The van der Waals surface area contributed by atoms with E-state index in [-0.39, 0.29) is 6.61 Å². The molecule has 22 heavy (non-hydrogen) atoms. The lowest BCUT2D eigenvalue weighted by Crippen LogP contribution is -2.19. The van der Waals surface area contributed by atoms with Gasteiger partial charge in [0.1, 0.15) is 12.0 Å². The number of hydrogen-bond acceptors (Lipinski definition) is 5. The summed E-state index contributed by atoms with van der Waals surface area (Å²) in [5.74, 6) is -1.14. The monoisotopic (exact) mass is 321 g/mol. The molecule has 1 aliphatic rings. The van der Waals surface area contributed by atoms with E-state index in [0.717, 1.165) is 37.0 Å². The largest absolute Gasteiger partial charge is 0.516 e. The van der Waals surface area contributed by atoms with Gasteiger partial charge in [0, 0.05) is 6.61 Å². The van der Waals surface area contributed by atoms with E-state index >= 15 is 0 Å². The molecule has 1 aromatic carbocycles. The molecule has 1 aromatic rings. The van der Waals surface area contributed by atoms with Crippen LogP contribution < -0.4 is 0 Å². The number of epoxide rings is 1. The van der Waals surface area contributed by atoms with Gasteiger partial charge >= 0.3 is 16.5 Å². The lowest BCUT2D eigenvalue weighted by Gasteiger charge is -2.16. The summed E-state index contributed by atoms with van der Waals surface area (Å²) < 4.78 is 15.2. The minimum Gasteiger partial charge on any atom is -0.516 e. The van der Waals surface area contributed by atoms with Crippen molar-refractivity contribution >= 4 is 16.5 Å². The van der Waals surface area contributed by atoms with Gasteiger partial charge < -0.3 is 19.0 Å². The van der Waals surface area contributed by atoms with E-state index in [2.05, 4.69) is 14.9 Å². The highest BCUT2D eigenvalue weighted by Gasteiger charge is 2.23. The van der Waals surface area contributed by atoms with Crippen molar-refractivity contribution in [2.24, 2.45) is 0 Å². The molecule has 1 N–H and O–H groups in total. The van der Waals surface area contributed by atoms with E-state index in [9.17, 15) is 9.90 Å². The van der Waals surface area contributed by atoms with Crippen LogP contribution in [0.25, 0.3) is 0 Å². The van der Waals surface area contributed by atoms with Crippen LogP contribution in [-0.4, -0.2) is 54.1 Å². The van der Waals surface area contributed by atoms with E-state index in [1.54, 1.807) is 0 Å². The molecule has 5 nitrogen and oxygen atoms in total. The van der Waals surface area contributed by atoms with E-state index < -0.39 is 11.9 Å². The normalized spacial score (nSPS) is 18.0. The Morgan fingerprint density at radius 3 is 2.86 bits per heavy atom. The zero-order valence-electron chi connectivity index (χ0n) is 12.5. The van der Waals surface area contributed by atoms with Gasteiger partial charge in [0.2, 0.25) is 0 Å². The van der Waals surface area contributed by atoms with E-state index in [1.165, 1.54) is 0 Å². The second-order valence-corrected chi connectivity index (χ2v) is 5.55. The first kappa shape index (κ1) is 17.1. The number of aryl methyl sites for hydroxylation is 1. The van der Waals surface area contributed by atoms with Gasteiger partial charge in [-0.15, -0.1) is 0 Å². The summed E-state index contributed by atoms with van der Waals surface area (Å²) in [7, 11) is 2.74. The molecule has 0 bridgehead atoms. The van der Waals surface area contributed by atoms with Gasteiger partial charge in [-0.1, -0.05) is 24.3 Å². The number of aliphatic hydroxyl groups is 1. The standard InChI is InChI=1S/C16H21O5Si/c17-9-15(16(18)21-22)14-7-2-1-5-12(14)6-3-4-8-19-10-13-11-20-13/h1-2,5,7,13,15,17H,3-4,6,8-11H2. The first-order valence-corrected chi connectivity index (χ1v) is 7.92. The highest BCUT2D eigenvalue weighted by atomic mass is 28.2. The molecule has 2 rings (SSSR count). The number of aliphatic hydroxyl groups excluding tert-OH is 1. The minimum absolute atomic E-state index is 0.273. The van der Waals surface area contributed by atoms with Crippen molar-refractivity contribution in [2.75, 3.05) is 26.4 Å².